The molecule has 0 aliphatic carbocycles. The number of sulfonamides is 1. The fourth-order valence-corrected chi connectivity index (χ4v) is 5.07. The first kappa shape index (κ1) is 21.8. The number of benzene rings is 2. The molecule has 29 heavy (non-hydrogen) atoms. The van der Waals surface area contributed by atoms with Gasteiger partial charge in [0.1, 0.15) is 0 Å². The number of nitrogens with zero attached hydrogens (tertiary/aromatic N) is 2. The molecule has 3 rings (SSSR count). The van der Waals surface area contributed by atoms with E-state index in [1.807, 2.05) is 31.2 Å². The van der Waals surface area contributed by atoms with Crippen LogP contribution in [0.1, 0.15) is 36.8 Å². The van der Waals surface area contributed by atoms with Crippen LogP contribution in [0.2, 0.25) is 5.02 Å². The largest absolute Gasteiger partial charge is 0.342 e. The van der Waals surface area contributed by atoms with Gasteiger partial charge in [0.15, 0.2) is 0 Å². The number of carbonyl (C=O) groups is 1. The molecule has 1 aliphatic rings. The van der Waals surface area contributed by atoms with Crippen molar-refractivity contribution in [1.29, 1.82) is 0 Å². The number of hydrogen-bond acceptors (Lipinski definition) is 3. The number of likely N-dealkylation sites (tertiary alicyclic amines) is 1. The van der Waals surface area contributed by atoms with Gasteiger partial charge in [0.2, 0.25) is 15.9 Å². The first-order chi connectivity index (χ1) is 13.9. The van der Waals surface area contributed by atoms with Gasteiger partial charge in [-0.15, -0.1) is 0 Å². The highest BCUT2D eigenvalue weighted by Gasteiger charge is 2.29. The highest BCUT2D eigenvalue weighted by Crippen LogP contribution is 2.21. The number of hydrogen-bond donors (Lipinski definition) is 0. The summed E-state index contributed by atoms with van der Waals surface area (Å²) in [5.41, 5.74) is 1.90. The summed E-state index contributed by atoms with van der Waals surface area (Å²) >= 11 is 5.92. The van der Waals surface area contributed by atoms with Gasteiger partial charge in [0.25, 0.3) is 0 Å². The van der Waals surface area contributed by atoms with Crippen LogP contribution < -0.4 is 0 Å². The molecule has 0 aromatic heterocycles. The lowest BCUT2D eigenvalue weighted by molar-refractivity contribution is -0.131. The zero-order chi connectivity index (χ0) is 20.9. The van der Waals surface area contributed by atoms with Crippen molar-refractivity contribution in [2.75, 3.05) is 19.6 Å². The smallest absolute Gasteiger partial charge is 0.243 e. The summed E-state index contributed by atoms with van der Waals surface area (Å²) in [6.07, 6.45) is 4.15. The van der Waals surface area contributed by atoms with Crippen molar-refractivity contribution in [2.24, 2.45) is 0 Å². The summed E-state index contributed by atoms with van der Waals surface area (Å²) < 4.78 is 27.9. The quantitative estimate of drug-likeness (QED) is 0.683. The third-order valence-corrected chi connectivity index (χ3v) is 7.22. The summed E-state index contributed by atoms with van der Waals surface area (Å²) in [7, 11) is -3.84. The van der Waals surface area contributed by atoms with Gasteiger partial charge in [-0.05, 0) is 49.6 Å². The van der Waals surface area contributed by atoms with E-state index in [0.29, 0.717) is 18.1 Å². The van der Waals surface area contributed by atoms with E-state index in [9.17, 15) is 13.2 Å². The zero-order valence-electron chi connectivity index (χ0n) is 16.7. The summed E-state index contributed by atoms with van der Waals surface area (Å²) in [5, 5.41) is 0.467. The van der Waals surface area contributed by atoms with Crippen molar-refractivity contribution in [3.05, 3.63) is 64.7 Å². The molecule has 2 aromatic rings. The topological polar surface area (TPSA) is 57.7 Å². The van der Waals surface area contributed by atoms with Gasteiger partial charge in [0.05, 0.1) is 11.4 Å². The lowest BCUT2D eigenvalue weighted by atomic mass is 10.1. The number of rotatable bonds is 6. The highest BCUT2D eigenvalue weighted by molar-refractivity contribution is 7.89. The number of carbonyl (C=O) groups excluding carboxylic acids is 1. The van der Waals surface area contributed by atoms with Gasteiger partial charge in [-0.2, -0.15) is 4.31 Å². The molecule has 0 radical (unpaired) electrons. The highest BCUT2D eigenvalue weighted by atomic mass is 35.5. The Hall–Kier alpha value is -1.89. The Morgan fingerprint density at radius 3 is 2.31 bits per heavy atom. The van der Waals surface area contributed by atoms with E-state index in [-0.39, 0.29) is 23.9 Å². The molecule has 0 atom stereocenters. The maximum absolute atomic E-state index is 13.3. The summed E-state index contributed by atoms with van der Waals surface area (Å²) in [6, 6.07) is 13.8. The van der Waals surface area contributed by atoms with Gasteiger partial charge in [-0.3, -0.25) is 4.79 Å². The molecule has 0 unspecified atom stereocenters. The number of amides is 1. The van der Waals surface area contributed by atoms with Gasteiger partial charge >= 0.3 is 0 Å². The van der Waals surface area contributed by atoms with Crippen molar-refractivity contribution in [2.45, 2.75) is 44.0 Å². The molecule has 0 bridgehead atoms. The van der Waals surface area contributed by atoms with Gasteiger partial charge in [-0.1, -0.05) is 54.3 Å². The van der Waals surface area contributed by atoms with Crippen molar-refractivity contribution in [3.8, 4) is 0 Å². The molecule has 1 fully saturated rings. The van der Waals surface area contributed by atoms with E-state index in [0.717, 1.165) is 36.8 Å². The SMILES string of the molecule is Cc1cccc(CN(CC(=O)N2CCCCCC2)S(=O)(=O)c2ccc(Cl)cc2)c1. The predicted molar refractivity (Wildman–Crippen MR) is 115 cm³/mol. The van der Waals surface area contributed by atoms with Crippen LogP contribution in [0.3, 0.4) is 0 Å². The van der Waals surface area contributed by atoms with Crippen LogP contribution in [0.15, 0.2) is 53.4 Å². The second-order valence-corrected chi connectivity index (χ2v) is 9.89. The lowest BCUT2D eigenvalue weighted by Crippen LogP contribution is -2.43. The van der Waals surface area contributed by atoms with Crippen LogP contribution in [0.25, 0.3) is 0 Å². The molecule has 156 valence electrons. The van der Waals surface area contributed by atoms with E-state index in [1.165, 1.54) is 16.4 Å². The predicted octanol–water partition coefficient (Wildman–Crippen LogP) is 4.24. The van der Waals surface area contributed by atoms with Crippen LogP contribution in [0.4, 0.5) is 0 Å². The third kappa shape index (κ3) is 5.81. The monoisotopic (exact) mass is 434 g/mol. The van der Waals surface area contributed by atoms with E-state index < -0.39 is 10.0 Å². The molecular formula is C22H27ClN2O3S. The second-order valence-electron chi connectivity index (χ2n) is 7.51. The van der Waals surface area contributed by atoms with E-state index in [4.69, 9.17) is 11.6 Å². The Labute approximate surface area is 178 Å². The molecule has 7 heteroatoms. The van der Waals surface area contributed by atoms with Crippen molar-refractivity contribution < 1.29 is 13.2 Å². The summed E-state index contributed by atoms with van der Waals surface area (Å²) in [5.74, 6) is -0.142. The van der Waals surface area contributed by atoms with Gasteiger partial charge in [0, 0.05) is 24.7 Å². The minimum absolute atomic E-state index is 0.137. The third-order valence-electron chi connectivity index (χ3n) is 5.16. The Balaban J connectivity index is 1.88. The fraction of sp³-hybridized carbons (Fsp3) is 0.409. The van der Waals surface area contributed by atoms with Crippen molar-refractivity contribution in [1.82, 2.24) is 9.21 Å². The van der Waals surface area contributed by atoms with Gasteiger partial charge < -0.3 is 4.90 Å². The minimum Gasteiger partial charge on any atom is -0.342 e. The average molecular weight is 435 g/mol. The Kier molecular flexibility index (Phi) is 7.33. The molecule has 2 aromatic carbocycles. The van der Waals surface area contributed by atoms with Crippen LogP contribution in [-0.2, 0) is 21.4 Å². The Bertz CT molecular complexity index is 937. The van der Waals surface area contributed by atoms with E-state index in [1.54, 1.807) is 17.0 Å². The van der Waals surface area contributed by atoms with Crippen LogP contribution >= 0.6 is 11.6 Å². The van der Waals surface area contributed by atoms with Crippen molar-refractivity contribution >= 4 is 27.5 Å². The molecule has 1 aliphatic heterocycles. The molecule has 0 saturated carbocycles. The second kappa shape index (κ2) is 9.74. The fourth-order valence-electron chi connectivity index (χ4n) is 3.57. The van der Waals surface area contributed by atoms with Crippen LogP contribution in [-0.4, -0.2) is 43.2 Å². The maximum atomic E-state index is 13.3. The van der Waals surface area contributed by atoms with Crippen LogP contribution in [0.5, 0.6) is 0 Å². The first-order valence-electron chi connectivity index (χ1n) is 9.95. The molecule has 5 nitrogen and oxygen atoms in total. The van der Waals surface area contributed by atoms with Gasteiger partial charge in [-0.25, -0.2) is 8.42 Å². The van der Waals surface area contributed by atoms with Crippen molar-refractivity contribution in [3.63, 3.8) is 0 Å². The standard InChI is InChI=1S/C22H27ClN2O3S/c1-18-7-6-8-19(15-18)16-25(17-22(26)24-13-4-2-3-5-14-24)29(27,28)21-11-9-20(23)10-12-21/h6-12,15H,2-5,13-14,16-17H2,1H3. The molecule has 1 saturated heterocycles. The molecule has 0 spiro atoms. The zero-order valence-corrected chi connectivity index (χ0v) is 18.3. The molecular weight excluding hydrogens is 408 g/mol. The molecule has 0 N–H and O–H groups in total. The Morgan fingerprint density at radius 2 is 1.69 bits per heavy atom. The average Bonchev–Trinajstić information content (AvgIpc) is 2.97. The maximum Gasteiger partial charge on any atom is 0.243 e. The summed E-state index contributed by atoms with van der Waals surface area (Å²) in [4.78, 5) is 14.9. The van der Waals surface area contributed by atoms with Crippen LogP contribution in [0, 0.1) is 6.92 Å². The lowest BCUT2D eigenvalue weighted by Gasteiger charge is -2.26. The first-order valence-corrected chi connectivity index (χ1v) is 11.8. The summed E-state index contributed by atoms with van der Waals surface area (Å²) in [6.45, 7) is 3.32. The van der Waals surface area contributed by atoms with E-state index in [2.05, 4.69) is 0 Å². The normalized spacial score (nSPS) is 15.3. The minimum atomic E-state index is -3.84. The Morgan fingerprint density at radius 1 is 1.03 bits per heavy atom. The molecule has 1 amide bonds. The number of aryl methyl sites for hydroxylation is 1. The van der Waals surface area contributed by atoms with E-state index >= 15 is 0 Å². The number of halogens is 1. The molecule has 1 heterocycles.